The molecule has 2 amide bonds. The molecule has 1 rings (SSSR count). The number of urea groups is 1. The fourth-order valence-electron chi connectivity index (χ4n) is 1.37. The van der Waals surface area contributed by atoms with E-state index < -0.39 is 22.0 Å². The number of carbonyl (C=O) groups excluding carboxylic acids is 2. The summed E-state index contributed by atoms with van der Waals surface area (Å²) in [6, 6.07) is 5.17. The van der Waals surface area contributed by atoms with Gasteiger partial charge < -0.3 is 10.1 Å². The molecule has 0 spiro atoms. The summed E-state index contributed by atoms with van der Waals surface area (Å²) < 4.78 is 30.4. The first-order valence-electron chi connectivity index (χ1n) is 6.42. The fourth-order valence-corrected chi connectivity index (χ4v) is 2.29. The maximum absolute atomic E-state index is 11.9. The van der Waals surface area contributed by atoms with Gasteiger partial charge >= 0.3 is 12.0 Å². The summed E-state index contributed by atoms with van der Waals surface area (Å²) in [5.74, 6) is -0.575. The lowest BCUT2D eigenvalue weighted by Gasteiger charge is -2.09. The predicted octanol–water partition coefficient (Wildman–Crippen LogP) is 1.10. The number of hydrogen-bond acceptors (Lipinski definition) is 5. The van der Waals surface area contributed by atoms with Gasteiger partial charge in [0.15, 0.2) is 0 Å². The van der Waals surface area contributed by atoms with E-state index in [1.165, 1.54) is 19.1 Å². The zero-order chi connectivity index (χ0) is 16.8. The standard InChI is InChI=1S/C14H18N2O5S/c1-10(2)13(17)21-9-8-15-14(18)16-22(19,20)12-6-4-11(3)5-7-12/h4-7H,1,8-9H2,2-3H3,(H2,15,16,18). The van der Waals surface area contributed by atoms with Gasteiger partial charge in [0.25, 0.3) is 10.0 Å². The van der Waals surface area contributed by atoms with Crippen LogP contribution in [0.1, 0.15) is 12.5 Å². The van der Waals surface area contributed by atoms with Crippen molar-refractivity contribution >= 4 is 22.0 Å². The molecule has 2 N–H and O–H groups in total. The van der Waals surface area contributed by atoms with E-state index in [1.807, 2.05) is 11.6 Å². The molecule has 120 valence electrons. The topological polar surface area (TPSA) is 102 Å². The summed E-state index contributed by atoms with van der Waals surface area (Å²) in [6.45, 7) is 6.62. The van der Waals surface area contributed by atoms with Gasteiger partial charge in [-0.1, -0.05) is 24.3 Å². The average Bonchev–Trinajstić information content (AvgIpc) is 2.43. The van der Waals surface area contributed by atoms with E-state index in [-0.39, 0.29) is 23.6 Å². The van der Waals surface area contributed by atoms with Crippen molar-refractivity contribution in [3.63, 3.8) is 0 Å². The summed E-state index contributed by atoms with van der Waals surface area (Å²) in [5.41, 5.74) is 1.15. The van der Waals surface area contributed by atoms with Crippen LogP contribution < -0.4 is 10.0 Å². The normalized spacial score (nSPS) is 10.6. The molecule has 0 aliphatic heterocycles. The van der Waals surface area contributed by atoms with Crippen LogP contribution >= 0.6 is 0 Å². The van der Waals surface area contributed by atoms with Crippen molar-refractivity contribution in [1.82, 2.24) is 10.0 Å². The lowest BCUT2D eigenvalue weighted by atomic mass is 10.2. The Morgan fingerprint density at radius 1 is 1.23 bits per heavy atom. The largest absolute Gasteiger partial charge is 0.460 e. The fraction of sp³-hybridized carbons (Fsp3) is 0.286. The first-order valence-corrected chi connectivity index (χ1v) is 7.90. The van der Waals surface area contributed by atoms with Crippen LogP contribution in [0.2, 0.25) is 0 Å². The van der Waals surface area contributed by atoms with Crippen LogP contribution in [-0.4, -0.2) is 33.6 Å². The zero-order valence-corrected chi connectivity index (χ0v) is 13.2. The summed E-state index contributed by atoms with van der Waals surface area (Å²) in [5, 5.41) is 2.28. The molecule has 0 heterocycles. The number of ether oxygens (including phenoxy) is 1. The molecule has 1 aromatic carbocycles. The van der Waals surface area contributed by atoms with Crippen molar-refractivity contribution in [3.8, 4) is 0 Å². The van der Waals surface area contributed by atoms with E-state index in [1.54, 1.807) is 12.1 Å². The molecule has 0 fully saturated rings. The third-order valence-corrected chi connectivity index (χ3v) is 3.87. The number of nitrogens with one attached hydrogen (secondary N) is 2. The molecular formula is C14H18N2O5S. The van der Waals surface area contributed by atoms with Crippen molar-refractivity contribution in [2.24, 2.45) is 0 Å². The summed E-state index contributed by atoms with van der Waals surface area (Å²) in [7, 11) is -3.93. The molecule has 22 heavy (non-hydrogen) atoms. The SMILES string of the molecule is C=C(C)C(=O)OCCNC(=O)NS(=O)(=O)c1ccc(C)cc1. The minimum Gasteiger partial charge on any atom is -0.460 e. The molecule has 0 saturated heterocycles. The predicted molar refractivity (Wildman–Crippen MR) is 80.7 cm³/mol. The molecule has 0 aromatic heterocycles. The van der Waals surface area contributed by atoms with Gasteiger partial charge in [-0.2, -0.15) is 0 Å². The van der Waals surface area contributed by atoms with E-state index in [4.69, 9.17) is 4.74 Å². The van der Waals surface area contributed by atoms with Gasteiger partial charge in [-0.05, 0) is 26.0 Å². The molecule has 0 bridgehead atoms. The lowest BCUT2D eigenvalue weighted by molar-refractivity contribution is -0.138. The maximum Gasteiger partial charge on any atom is 0.333 e. The molecule has 8 heteroatoms. The number of aryl methyl sites for hydroxylation is 1. The number of amides is 2. The highest BCUT2D eigenvalue weighted by Gasteiger charge is 2.17. The number of rotatable bonds is 6. The van der Waals surface area contributed by atoms with Crippen LogP contribution in [0.25, 0.3) is 0 Å². The smallest absolute Gasteiger partial charge is 0.333 e. The quantitative estimate of drug-likeness (QED) is 0.463. The van der Waals surface area contributed by atoms with E-state index in [9.17, 15) is 18.0 Å². The van der Waals surface area contributed by atoms with Gasteiger partial charge in [-0.15, -0.1) is 0 Å². The monoisotopic (exact) mass is 326 g/mol. The first-order chi connectivity index (χ1) is 10.2. The second-order valence-corrected chi connectivity index (χ2v) is 6.27. The van der Waals surface area contributed by atoms with E-state index in [0.717, 1.165) is 5.56 Å². The summed E-state index contributed by atoms with van der Waals surface area (Å²) in [6.07, 6.45) is 0. The van der Waals surface area contributed by atoms with Gasteiger partial charge in [0.2, 0.25) is 0 Å². The summed E-state index contributed by atoms with van der Waals surface area (Å²) >= 11 is 0. The lowest BCUT2D eigenvalue weighted by Crippen LogP contribution is -2.40. The van der Waals surface area contributed by atoms with Crippen molar-refractivity contribution in [2.45, 2.75) is 18.7 Å². The number of carbonyl (C=O) groups is 2. The van der Waals surface area contributed by atoms with Gasteiger partial charge in [-0.25, -0.2) is 22.7 Å². The van der Waals surface area contributed by atoms with Crippen molar-refractivity contribution in [2.75, 3.05) is 13.2 Å². The number of esters is 1. The molecule has 0 unspecified atom stereocenters. The van der Waals surface area contributed by atoms with Crippen molar-refractivity contribution in [3.05, 3.63) is 42.0 Å². The number of benzene rings is 1. The Labute approximate surface area is 129 Å². The Balaban J connectivity index is 2.46. The molecule has 7 nitrogen and oxygen atoms in total. The van der Waals surface area contributed by atoms with Gasteiger partial charge in [0.05, 0.1) is 11.4 Å². The van der Waals surface area contributed by atoms with Crippen molar-refractivity contribution < 1.29 is 22.7 Å². The third-order valence-electron chi connectivity index (χ3n) is 2.53. The molecule has 1 aromatic rings. The molecule has 0 aliphatic carbocycles. The number of sulfonamides is 1. The van der Waals surface area contributed by atoms with Crippen LogP contribution in [0.4, 0.5) is 4.79 Å². The Hall–Kier alpha value is -2.35. The Morgan fingerprint density at radius 2 is 1.82 bits per heavy atom. The minimum atomic E-state index is -3.93. The molecule has 0 saturated carbocycles. The van der Waals surface area contributed by atoms with Gasteiger partial charge in [0, 0.05) is 5.57 Å². The average molecular weight is 326 g/mol. The molecule has 0 aliphatic rings. The van der Waals surface area contributed by atoms with E-state index in [2.05, 4.69) is 11.9 Å². The molecular weight excluding hydrogens is 308 g/mol. The highest BCUT2D eigenvalue weighted by Crippen LogP contribution is 2.09. The highest BCUT2D eigenvalue weighted by molar-refractivity contribution is 7.90. The second kappa shape index (κ2) is 7.60. The van der Waals surface area contributed by atoms with E-state index >= 15 is 0 Å². The zero-order valence-electron chi connectivity index (χ0n) is 12.4. The van der Waals surface area contributed by atoms with Crippen LogP contribution in [0.15, 0.2) is 41.3 Å². The third kappa shape index (κ3) is 5.57. The van der Waals surface area contributed by atoms with Crippen LogP contribution in [0.5, 0.6) is 0 Å². The Kier molecular flexibility index (Phi) is 6.11. The highest BCUT2D eigenvalue weighted by atomic mass is 32.2. The van der Waals surface area contributed by atoms with E-state index in [0.29, 0.717) is 0 Å². The van der Waals surface area contributed by atoms with Gasteiger partial charge in [-0.3, -0.25) is 0 Å². The van der Waals surface area contributed by atoms with Crippen LogP contribution in [-0.2, 0) is 19.6 Å². The minimum absolute atomic E-state index is 0.0121. The Morgan fingerprint density at radius 3 is 2.36 bits per heavy atom. The number of hydrogen-bond donors (Lipinski definition) is 2. The Bertz CT molecular complexity index is 665. The van der Waals surface area contributed by atoms with Crippen LogP contribution in [0.3, 0.4) is 0 Å². The van der Waals surface area contributed by atoms with Crippen molar-refractivity contribution in [1.29, 1.82) is 0 Å². The van der Waals surface area contributed by atoms with Crippen LogP contribution in [0, 0.1) is 6.92 Å². The van der Waals surface area contributed by atoms with Gasteiger partial charge in [0.1, 0.15) is 6.61 Å². The molecule has 0 atom stereocenters. The maximum atomic E-state index is 11.9. The summed E-state index contributed by atoms with van der Waals surface area (Å²) in [4.78, 5) is 22.6. The second-order valence-electron chi connectivity index (χ2n) is 4.59. The molecule has 0 radical (unpaired) electrons. The first kappa shape index (κ1) is 17.7.